The zero-order valence-electron chi connectivity index (χ0n) is 17.7. The van der Waals surface area contributed by atoms with Crippen LogP contribution in [0.1, 0.15) is 21.5 Å². The van der Waals surface area contributed by atoms with Crippen molar-refractivity contribution in [2.75, 3.05) is 13.2 Å². The standard InChI is InChI=1S/C26H25N3O3/c30-26(27-19-21-11-13-22(14-12-21)20-29-16-6-15-28-29)24-9-4-5-10-25(24)32-18-17-31-23-7-2-1-3-8-23/h1-16H,17-20H2,(H,27,30). The summed E-state index contributed by atoms with van der Waals surface area (Å²) in [7, 11) is 0. The Morgan fingerprint density at radius 2 is 1.53 bits per heavy atom. The van der Waals surface area contributed by atoms with E-state index in [1.54, 1.807) is 18.3 Å². The molecule has 6 nitrogen and oxygen atoms in total. The highest BCUT2D eigenvalue weighted by atomic mass is 16.5. The Morgan fingerprint density at radius 3 is 2.31 bits per heavy atom. The number of hydrogen-bond acceptors (Lipinski definition) is 4. The van der Waals surface area contributed by atoms with Gasteiger partial charge < -0.3 is 14.8 Å². The molecule has 0 fully saturated rings. The number of hydrogen-bond donors (Lipinski definition) is 1. The van der Waals surface area contributed by atoms with Crippen molar-refractivity contribution in [3.63, 3.8) is 0 Å². The van der Waals surface area contributed by atoms with E-state index in [9.17, 15) is 4.79 Å². The fraction of sp³-hybridized carbons (Fsp3) is 0.154. The van der Waals surface area contributed by atoms with Gasteiger partial charge in [-0.25, -0.2) is 0 Å². The summed E-state index contributed by atoms with van der Waals surface area (Å²) in [5.74, 6) is 1.15. The van der Waals surface area contributed by atoms with E-state index in [1.807, 2.05) is 83.7 Å². The van der Waals surface area contributed by atoms with Crippen LogP contribution in [0.3, 0.4) is 0 Å². The first-order valence-electron chi connectivity index (χ1n) is 10.5. The summed E-state index contributed by atoms with van der Waals surface area (Å²) >= 11 is 0. The van der Waals surface area contributed by atoms with Gasteiger partial charge in [-0.15, -0.1) is 0 Å². The molecule has 0 bridgehead atoms. The van der Waals surface area contributed by atoms with Crippen LogP contribution in [0.25, 0.3) is 0 Å². The second kappa shape index (κ2) is 10.8. The van der Waals surface area contributed by atoms with Crippen LogP contribution in [-0.4, -0.2) is 28.9 Å². The number of aromatic nitrogens is 2. The number of carbonyl (C=O) groups excluding carboxylic acids is 1. The Morgan fingerprint density at radius 1 is 0.812 bits per heavy atom. The van der Waals surface area contributed by atoms with Gasteiger partial charge in [-0.2, -0.15) is 5.10 Å². The van der Waals surface area contributed by atoms with Crippen molar-refractivity contribution in [1.82, 2.24) is 15.1 Å². The SMILES string of the molecule is O=C(NCc1ccc(Cn2cccn2)cc1)c1ccccc1OCCOc1ccccc1. The van der Waals surface area contributed by atoms with Gasteiger partial charge in [-0.05, 0) is 41.5 Å². The van der Waals surface area contributed by atoms with Crippen molar-refractivity contribution in [3.8, 4) is 11.5 Å². The molecule has 32 heavy (non-hydrogen) atoms. The van der Waals surface area contributed by atoms with Crippen molar-refractivity contribution < 1.29 is 14.3 Å². The van der Waals surface area contributed by atoms with Crippen molar-refractivity contribution in [2.45, 2.75) is 13.1 Å². The summed E-state index contributed by atoms with van der Waals surface area (Å²) in [6, 6.07) is 26.8. The third kappa shape index (κ3) is 5.98. The molecule has 4 aromatic rings. The van der Waals surface area contributed by atoms with Crippen molar-refractivity contribution >= 4 is 5.91 Å². The number of benzene rings is 3. The lowest BCUT2D eigenvalue weighted by Crippen LogP contribution is -2.23. The van der Waals surface area contributed by atoms with Gasteiger partial charge in [0.15, 0.2) is 0 Å². The van der Waals surface area contributed by atoms with Gasteiger partial charge in [-0.3, -0.25) is 9.48 Å². The molecule has 162 valence electrons. The monoisotopic (exact) mass is 427 g/mol. The maximum atomic E-state index is 12.7. The molecule has 1 amide bonds. The molecule has 0 aliphatic rings. The molecule has 0 spiro atoms. The third-order valence-electron chi connectivity index (χ3n) is 4.86. The van der Waals surface area contributed by atoms with Gasteiger partial charge in [-0.1, -0.05) is 54.6 Å². The molecule has 0 saturated carbocycles. The molecule has 1 heterocycles. The topological polar surface area (TPSA) is 65.4 Å². The number of nitrogens with zero attached hydrogens (tertiary/aromatic N) is 2. The molecule has 3 aromatic carbocycles. The zero-order chi connectivity index (χ0) is 22.0. The van der Waals surface area contributed by atoms with Gasteiger partial charge in [0, 0.05) is 18.9 Å². The molecule has 6 heteroatoms. The normalized spacial score (nSPS) is 10.5. The van der Waals surface area contributed by atoms with Crippen LogP contribution in [0.15, 0.2) is 97.3 Å². The van der Waals surface area contributed by atoms with Gasteiger partial charge in [0.2, 0.25) is 0 Å². The minimum atomic E-state index is -0.176. The summed E-state index contributed by atoms with van der Waals surface area (Å²) in [5.41, 5.74) is 2.68. The molecule has 0 radical (unpaired) electrons. The number of rotatable bonds is 10. The van der Waals surface area contributed by atoms with E-state index in [-0.39, 0.29) is 5.91 Å². The Labute approximate surface area is 187 Å². The third-order valence-corrected chi connectivity index (χ3v) is 4.86. The molecule has 4 rings (SSSR count). The maximum absolute atomic E-state index is 12.7. The molecule has 0 unspecified atom stereocenters. The van der Waals surface area contributed by atoms with E-state index in [4.69, 9.17) is 9.47 Å². The number of nitrogens with one attached hydrogen (secondary N) is 1. The van der Waals surface area contributed by atoms with Crippen molar-refractivity contribution in [3.05, 3.63) is 114 Å². The molecule has 0 saturated heterocycles. The van der Waals surface area contributed by atoms with Gasteiger partial charge >= 0.3 is 0 Å². The van der Waals surface area contributed by atoms with Gasteiger partial charge in [0.1, 0.15) is 24.7 Å². The highest BCUT2D eigenvalue weighted by molar-refractivity contribution is 5.96. The van der Waals surface area contributed by atoms with Crippen LogP contribution < -0.4 is 14.8 Å². The summed E-state index contributed by atoms with van der Waals surface area (Å²) < 4.78 is 13.3. The van der Waals surface area contributed by atoms with E-state index in [1.165, 1.54) is 0 Å². The van der Waals surface area contributed by atoms with Crippen LogP contribution in [-0.2, 0) is 13.1 Å². The Hall–Kier alpha value is -4.06. The first-order valence-corrected chi connectivity index (χ1v) is 10.5. The van der Waals surface area contributed by atoms with E-state index >= 15 is 0 Å². The number of amides is 1. The lowest BCUT2D eigenvalue weighted by molar-refractivity contribution is 0.0945. The Balaban J connectivity index is 1.27. The minimum Gasteiger partial charge on any atom is -0.490 e. The highest BCUT2D eigenvalue weighted by Crippen LogP contribution is 2.18. The Bertz CT molecular complexity index is 1110. The molecule has 1 aromatic heterocycles. The quantitative estimate of drug-likeness (QED) is 0.383. The average molecular weight is 428 g/mol. The molecule has 1 N–H and O–H groups in total. The largest absolute Gasteiger partial charge is 0.490 e. The Kier molecular flexibility index (Phi) is 7.16. The maximum Gasteiger partial charge on any atom is 0.255 e. The lowest BCUT2D eigenvalue weighted by atomic mass is 10.1. The van der Waals surface area contributed by atoms with E-state index in [0.717, 1.165) is 23.4 Å². The highest BCUT2D eigenvalue weighted by Gasteiger charge is 2.12. The molecule has 0 atom stereocenters. The smallest absolute Gasteiger partial charge is 0.255 e. The van der Waals surface area contributed by atoms with Gasteiger partial charge in [0.05, 0.1) is 12.1 Å². The molecular formula is C26H25N3O3. The van der Waals surface area contributed by atoms with E-state index in [0.29, 0.717) is 31.1 Å². The summed E-state index contributed by atoms with van der Waals surface area (Å²) in [6.07, 6.45) is 3.70. The van der Waals surface area contributed by atoms with Crippen LogP contribution in [0, 0.1) is 0 Å². The molecular weight excluding hydrogens is 402 g/mol. The predicted molar refractivity (Wildman–Crippen MR) is 123 cm³/mol. The number of carbonyl (C=O) groups is 1. The van der Waals surface area contributed by atoms with Crippen molar-refractivity contribution in [1.29, 1.82) is 0 Å². The predicted octanol–water partition coefficient (Wildman–Crippen LogP) is 4.32. The minimum absolute atomic E-state index is 0.176. The van der Waals surface area contributed by atoms with E-state index < -0.39 is 0 Å². The summed E-state index contributed by atoms with van der Waals surface area (Å²) in [4.78, 5) is 12.7. The second-order valence-electron chi connectivity index (χ2n) is 7.21. The number of ether oxygens (including phenoxy) is 2. The van der Waals surface area contributed by atoms with E-state index in [2.05, 4.69) is 10.4 Å². The average Bonchev–Trinajstić information content (AvgIpc) is 3.35. The fourth-order valence-corrected chi connectivity index (χ4v) is 3.23. The van der Waals surface area contributed by atoms with Crippen molar-refractivity contribution in [2.24, 2.45) is 0 Å². The molecule has 0 aliphatic heterocycles. The first-order chi connectivity index (χ1) is 15.8. The first kappa shape index (κ1) is 21.2. The van der Waals surface area contributed by atoms with Crippen LogP contribution >= 0.6 is 0 Å². The molecule has 0 aliphatic carbocycles. The second-order valence-corrected chi connectivity index (χ2v) is 7.21. The lowest BCUT2D eigenvalue weighted by Gasteiger charge is -2.12. The fourth-order valence-electron chi connectivity index (χ4n) is 3.23. The van der Waals surface area contributed by atoms with Gasteiger partial charge in [0.25, 0.3) is 5.91 Å². The summed E-state index contributed by atoms with van der Waals surface area (Å²) in [6.45, 7) is 1.90. The van der Waals surface area contributed by atoms with Crippen LogP contribution in [0.2, 0.25) is 0 Å². The van der Waals surface area contributed by atoms with Crippen LogP contribution in [0.4, 0.5) is 0 Å². The zero-order valence-corrected chi connectivity index (χ0v) is 17.7. The summed E-state index contributed by atoms with van der Waals surface area (Å²) in [5, 5.41) is 7.19. The number of para-hydroxylation sites is 2. The van der Waals surface area contributed by atoms with Crippen LogP contribution in [0.5, 0.6) is 11.5 Å².